The minimum atomic E-state index is -0.445. The van der Waals surface area contributed by atoms with Gasteiger partial charge in [-0.3, -0.25) is 15.1 Å². The van der Waals surface area contributed by atoms with Crippen molar-refractivity contribution < 1.29 is 9.66 Å². The fourth-order valence-electron chi connectivity index (χ4n) is 2.04. The van der Waals surface area contributed by atoms with Crippen molar-refractivity contribution in [1.29, 1.82) is 0 Å². The van der Waals surface area contributed by atoms with Crippen LogP contribution in [0.5, 0.6) is 11.5 Å². The van der Waals surface area contributed by atoms with Gasteiger partial charge < -0.3 is 10.5 Å². The Hall–Kier alpha value is -2.47. The van der Waals surface area contributed by atoms with E-state index in [4.69, 9.17) is 10.5 Å². The molecular formula is C15H17N3O3. The number of rotatable bonds is 4. The highest BCUT2D eigenvalue weighted by Crippen LogP contribution is 2.35. The number of ether oxygens (including phenoxy) is 1. The second-order valence-electron chi connectivity index (χ2n) is 5.00. The Morgan fingerprint density at radius 3 is 2.57 bits per heavy atom. The molecule has 0 fully saturated rings. The van der Waals surface area contributed by atoms with Crippen molar-refractivity contribution in [2.45, 2.75) is 26.8 Å². The van der Waals surface area contributed by atoms with Gasteiger partial charge in [-0.1, -0.05) is 6.07 Å². The van der Waals surface area contributed by atoms with Gasteiger partial charge in [-0.25, -0.2) is 0 Å². The van der Waals surface area contributed by atoms with E-state index in [1.165, 1.54) is 12.3 Å². The summed E-state index contributed by atoms with van der Waals surface area (Å²) in [6, 6.07) is 6.61. The molecule has 2 rings (SSSR count). The van der Waals surface area contributed by atoms with Crippen molar-refractivity contribution >= 4 is 5.69 Å². The molecule has 0 amide bonds. The van der Waals surface area contributed by atoms with Gasteiger partial charge in [0.1, 0.15) is 5.75 Å². The first-order valence-electron chi connectivity index (χ1n) is 6.53. The second kappa shape index (κ2) is 5.88. The van der Waals surface area contributed by atoms with Crippen LogP contribution in [-0.2, 0) is 0 Å². The molecule has 0 saturated carbocycles. The molecule has 1 aromatic carbocycles. The minimum Gasteiger partial charge on any atom is -0.448 e. The highest BCUT2D eigenvalue weighted by Gasteiger charge is 2.19. The molecule has 0 unspecified atom stereocenters. The van der Waals surface area contributed by atoms with Crippen molar-refractivity contribution in [2.24, 2.45) is 5.73 Å². The Morgan fingerprint density at radius 2 is 2.05 bits per heavy atom. The van der Waals surface area contributed by atoms with Crippen LogP contribution in [0.15, 0.2) is 30.5 Å². The largest absolute Gasteiger partial charge is 0.448 e. The third-order valence-corrected chi connectivity index (χ3v) is 3.04. The number of hydrogen-bond acceptors (Lipinski definition) is 5. The first-order valence-corrected chi connectivity index (χ1v) is 6.53. The number of hydrogen-bond donors (Lipinski definition) is 1. The van der Waals surface area contributed by atoms with Crippen LogP contribution in [0.25, 0.3) is 0 Å². The summed E-state index contributed by atoms with van der Waals surface area (Å²) in [5.41, 5.74) is 7.93. The topological polar surface area (TPSA) is 91.3 Å². The molecule has 0 aliphatic carbocycles. The first-order chi connectivity index (χ1) is 9.88. The number of aromatic nitrogens is 1. The van der Waals surface area contributed by atoms with E-state index in [0.29, 0.717) is 11.3 Å². The van der Waals surface area contributed by atoms with E-state index in [9.17, 15) is 10.1 Å². The Labute approximate surface area is 122 Å². The molecule has 1 heterocycles. The summed E-state index contributed by atoms with van der Waals surface area (Å²) >= 11 is 0. The summed E-state index contributed by atoms with van der Waals surface area (Å²) in [4.78, 5) is 14.9. The van der Waals surface area contributed by atoms with Gasteiger partial charge in [0, 0.05) is 12.1 Å². The number of nitrogens with two attached hydrogens (primary N) is 1. The number of pyridine rings is 1. The zero-order chi connectivity index (χ0) is 15.6. The predicted molar refractivity (Wildman–Crippen MR) is 79.5 cm³/mol. The normalized spacial score (nSPS) is 12.0. The zero-order valence-corrected chi connectivity index (χ0v) is 12.2. The lowest BCUT2D eigenvalue weighted by molar-refractivity contribution is -0.385. The highest BCUT2D eigenvalue weighted by molar-refractivity contribution is 5.55. The van der Waals surface area contributed by atoms with Crippen LogP contribution in [-0.4, -0.2) is 9.91 Å². The zero-order valence-electron chi connectivity index (χ0n) is 12.2. The van der Waals surface area contributed by atoms with Crippen molar-refractivity contribution in [3.05, 3.63) is 57.4 Å². The first kappa shape index (κ1) is 14.9. The highest BCUT2D eigenvalue weighted by atomic mass is 16.6. The summed E-state index contributed by atoms with van der Waals surface area (Å²) in [6.45, 7) is 5.42. The van der Waals surface area contributed by atoms with E-state index in [0.717, 1.165) is 11.3 Å². The average molecular weight is 287 g/mol. The van der Waals surface area contributed by atoms with Crippen LogP contribution in [0.1, 0.15) is 29.8 Å². The summed E-state index contributed by atoms with van der Waals surface area (Å²) in [6.07, 6.45) is 1.52. The van der Waals surface area contributed by atoms with Gasteiger partial charge in [0.25, 0.3) is 0 Å². The molecule has 0 bridgehead atoms. The molecule has 21 heavy (non-hydrogen) atoms. The predicted octanol–water partition coefficient (Wildman–Crippen LogP) is 3.42. The molecule has 0 spiro atoms. The van der Waals surface area contributed by atoms with Crippen molar-refractivity contribution in [1.82, 2.24) is 4.98 Å². The summed E-state index contributed by atoms with van der Waals surface area (Å²) < 4.78 is 5.65. The summed E-state index contributed by atoms with van der Waals surface area (Å²) in [7, 11) is 0. The SMILES string of the molecule is Cc1cc(C)c(Oc2ccc([C@H](C)N)nc2)c([N+](=O)[O-])c1. The number of benzene rings is 1. The van der Waals surface area contributed by atoms with E-state index < -0.39 is 4.92 Å². The Morgan fingerprint density at radius 1 is 1.33 bits per heavy atom. The number of nitro groups is 1. The third-order valence-electron chi connectivity index (χ3n) is 3.04. The minimum absolute atomic E-state index is 0.0521. The molecule has 1 aromatic heterocycles. The smallest absolute Gasteiger partial charge is 0.312 e. The van der Waals surface area contributed by atoms with Gasteiger partial charge in [-0.15, -0.1) is 0 Å². The maximum absolute atomic E-state index is 11.2. The van der Waals surface area contributed by atoms with Crippen molar-refractivity contribution in [2.75, 3.05) is 0 Å². The molecule has 6 heteroatoms. The van der Waals surface area contributed by atoms with Gasteiger partial charge in [0.2, 0.25) is 5.75 Å². The standard InChI is InChI=1S/C15H17N3O3/c1-9-6-10(2)15(14(7-9)18(19)20)21-12-4-5-13(11(3)16)17-8-12/h4-8,11H,16H2,1-3H3/t11-/m0/s1. The Balaban J connectivity index is 2.37. The molecule has 1 atom stereocenters. The van der Waals surface area contributed by atoms with Crippen LogP contribution in [0.2, 0.25) is 0 Å². The van der Waals surface area contributed by atoms with Gasteiger partial charge in [0.05, 0.1) is 16.8 Å². The lowest BCUT2D eigenvalue weighted by Crippen LogP contribution is -2.06. The van der Waals surface area contributed by atoms with Crippen molar-refractivity contribution in [3.8, 4) is 11.5 Å². The lowest BCUT2D eigenvalue weighted by Gasteiger charge is -2.11. The van der Waals surface area contributed by atoms with Crippen LogP contribution >= 0.6 is 0 Å². The van der Waals surface area contributed by atoms with E-state index in [2.05, 4.69) is 4.98 Å². The third kappa shape index (κ3) is 3.35. The molecule has 0 radical (unpaired) electrons. The quantitative estimate of drug-likeness (QED) is 0.687. The molecule has 0 saturated heterocycles. The Bertz CT molecular complexity index is 667. The molecule has 6 nitrogen and oxygen atoms in total. The van der Waals surface area contributed by atoms with E-state index in [-0.39, 0.29) is 17.5 Å². The van der Waals surface area contributed by atoms with Crippen LogP contribution in [0, 0.1) is 24.0 Å². The van der Waals surface area contributed by atoms with E-state index in [1.807, 2.05) is 19.9 Å². The Kier molecular flexibility index (Phi) is 4.18. The molecule has 2 aromatic rings. The lowest BCUT2D eigenvalue weighted by atomic mass is 10.1. The van der Waals surface area contributed by atoms with Gasteiger partial charge in [-0.05, 0) is 44.0 Å². The number of nitrogens with zero attached hydrogens (tertiary/aromatic N) is 2. The molecule has 0 aliphatic heterocycles. The summed E-state index contributed by atoms with van der Waals surface area (Å²) in [5, 5.41) is 11.2. The molecular weight excluding hydrogens is 270 g/mol. The van der Waals surface area contributed by atoms with Crippen molar-refractivity contribution in [3.63, 3.8) is 0 Å². The van der Waals surface area contributed by atoms with Gasteiger partial charge in [0.15, 0.2) is 0 Å². The molecule has 110 valence electrons. The maximum atomic E-state index is 11.2. The fraction of sp³-hybridized carbons (Fsp3) is 0.267. The number of aryl methyl sites for hydroxylation is 2. The summed E-state index contributed by atoms with van der Waals surface area (Å²) in [5.74, 6) is 0.676. The van der Waals surface area contributed by atoms with Crippen LogP contribution < -0.4 is 10.5 Å². The van der Waals surface area contributed by atoms with Crippen LogP contribution in [0.4, 0.5) is 5.69 Å². The monoisotopic (exact) mass is 287 g/mol. The second-order valence-corrected chi connectivity index (χ2v) is 5.00. The molecule has 0 aliphatic rings. The van der Waals surface area contributed by atoms with E-state index in [1.54, 1.807) is 19.1 Å². The van der Waals surface area contributed by atoms with Gasteiger partial charge in [-0.2, -0.15) is 0 Å². The average Bonchev–Trinajstić information content (AvgIpc) is 2.41. The fourth-order valence-corrected chi connectivity index (χ4v) is 2.04. The van der Waals surface area contributed by atoms with Gasteiger partial charge >= 0.3 is 5.69 Å². The van der Waals surface area contributed by atoms with E-state index >= 15 is 0 Å². The maximum Gasteiger partial charge on any atom is 0.312 e. The number of nitro benzene ring substituents is 1. The van der Waals surface area contributed by atoms with Crippen LogP contribution in [0.3, 0.4) is 0 Å². The molecule has 2 N–H and O–H groups in total.